The van der Waals surface area contributed by atoms with E-state index in [1.807, 2.05) is 85.8 Å². The number of nitrogens with zero attached hydrogens (tertiary/aromatic N) is 2. The maximum absolute atomic E-state index is 13.3. The molecular weight excluding hydrogens is 428 g/mol. The molecule has 3 aromatic rings. The number of carbonyl (C=O) groups is 2. The number of benzene rings is 3. The molecule has 1 aliphatic heterocycles. The first kappa shape index (κ1) is 19.4. The van der Waals surface area contributed by atoms with E-state index in [1.54, 1.807) is 9.80 Å². The van der Waals surface area contributed by atoms with Gasteiger partial charge in [0.15, 0.2) is 0 Å². The van der Waals surface area contributed by atoms with Crippen LogP contribution in [0, 0.1) is 5.92 Å². The minimum Gasteiger partial charge on any atom is -0.306 e. The van der Waals surface area contributed by atoms with Crippen LogP contribution in [-0.2, 0) is 11.3 Å². The molecular formula is C24H21BrN2O2. The van der Waals surface area contributed by atoms with Crippen LogP contribution in [-0.4, -0.2) is 18.4 Å². The third-order valence-corrected chi connectivity index (χ3v) is 5.66. The molecule has 0 bridgehead atoms. The van der Waals surface area contributed by atoms with Crippen LogP contribution < -0.4 is 9.80 Å². The van der Waals surface area contributed by atoms with Gasteiger partial charge >= 0.3 is 0 Å². The SMILES string of the molecule is CC1CN(C(=O)c2ccccc2)c2ccccc2N(Cc2ccc(Br)cc2)C1=O. The topological polar surface area (TPSA) is 40.6 Å². The third-order valence-electron chi connectivity index (χ3n) is 5.13. The molecule has 4 nitrogen and oxygen atoms in total. The molecule has 0 saturated carbocycles. The van der Waals surface area contributed by atoms with E-state index >= 15 is 0 Å². The largest absolute Gasteiger partial charge is 0.306 e. The number of hydrogen-bond acceptors (Lipinski definition) is 2. The minimum absolute atomic E-state index is 0.0173. The lowest BCUT2D eigenvalue weighted by molar-refractivity contribution is -0.121. The highest BCUT2D eigenvalue weighted by atomic mass is 79.9. The molecule has 0 spiro atoms. The predicted molar refractivity (Wildman–Crippen MR) is 119 cm³/mol. The van der Waals surface area contributed by atoms with Gasteiger partial charge < -0.3 is 9.80 Å². The zero-order chi connectivity index (χ0) is 20.4. The fourth-order valence-electron chi connectivity index (χ4n) is 3.62. The first-order valence-electron chi connectivity index (χ1n) is 9.56. The lowest BCUT2D eigenvalue weighted by atomic mass is 10.1. The zero-order valence-corrected chi connectivity index (χ0v) is 17.7. The van der Waals surface area contributed by atoms with Crippen molar-refractivity contribution in [3.8, 4) is 0 Å². The monoisotopic (exact) mass is 448 g/mol. The fraction of sp³-hybridized carbons (Fsp3) is 0.167. The van der Waals surface area contributed by atoms with Crippen molar-refractivity contribution in [1.29, 1.82) is 0 Å². The molecule has 1 heterocycles. The van der Waals surface area contributed by atoms with Gasteiger partial charge in [-0.2, -0.15) is 0 Å². The maximum Gasteiger partial charge on any atom is 0.258 e. The van der Waals surface area contributed by atoms with Gasteiger partial charge in [-0.15, -0.1) is 0 Å². The normalized spacial score (nSPS) is 16.3. The lowest BCUT2D eigenvalue weighted by Gasteiger charge is -2.25. The molecule has 4 rings (SSSR count). The Kier molecular flexibility index (Phi) is 5.49. The molecule has 0 fully saturated rings. The van der Waals surface area contributed by atoms with Gasteiger partial charge in [0.05, 0.1) is 23.8 Å². The highest BCUT2D eigenvalue weighted by molar-refractivity contribution is 9.10. The standard InChI is InChI=1S/C24H21BrN2O2/c1-17-15-26(24(29)19-7-3-2-4-8-19)21-9-5-6-10-22(21)27(23(17)28)16-18-11-13-20(25)14-12-18/h2-14,17H,15-16H2,1H3. The van der Waals surface area contributed by atoms with Crippen LogP contribution in [0.1, 0.15) is 22.8 Å². The summed E-state index contributed by atoms with van der Waals surface area (Å²) in [5.74, 6) is -0.391. The Bertz CT molecular complexity index is 1030. The summed E-state index contributed by atoms with van der Waals surface area (Å²) in [4.78, 5) is 30.0. The van der Waals surface area contributed by atoms with E-state index in [2.05, 4.69) is 15.9 Å². The van der Waals surface area contributed by atoms with Crippen molar-refractivity contribution in [3.05, 3.63) is 94.5 Å². The second-order valence-electron chi connectivity index (χ2n) is 7.22. The zero-order valence-electron chi connectivity index (χ0n) is 16.1. The molecule has 2 amide bonds. The van der Waals surface area contributed by atoms with E-state index in [1.165, 1.54) is 0 Å². The first-order chi connectivity index (χ1) is 14.0. The molecule has 0 saturated heterocycles. The van der Waals surface area contributed by atoms with E-state index in [4.69, 9.17) is 0 Å². The lowest BCUT2D eigenvalue weighted by Crippen LogP contribution is -2.38. The van der Waals surface area contributed by atoms with E-state index in [0.29, 0.717) is 18.7 Å². The van der Waals surface area contributed by atoms with Crippen LogP contribution in [0.5, 0.6) is 0 Å². The molecule has 29 heavy (non-hydrogen) atoms. The summed E-state index contributed by atoms with van der Waals surface area (Å²) in [5, 5.41) is 0. The van der Waals surface area contributed by atoms with Gasteiger partial charge in [-0.1, -0.05) is 65.3 Å². The van der Waals surface area contributed by atoms with Crippen LogP contribution in [0.15, 0.2) is 83.3 Å². The summed E-state index contributed by atoms with van der Waals surface area (Å²) in [6, 6.07) is 24.8. The van der Waals surface area contributed by atoms with Gasteiger partial charge in [0.2, 0.25) is 5.91 Å². The average Bonchev–Trinajstić information content (AvgIpc) is 2.86. The second kappa shape index (κ2) is 8.21. The number of halogens is 1. The van der Waals surface area contributed by atoms with Gasteiger partial charge in [0.25, 0.3) is 5.91 Å². The van der Waals surface area contributed by atoms with E-state index < -0.39 is 0 Å². The van der Waals surface area contributed by atoms with Crippen LogP contribution in [0.4, 0.5) is 11.4 Å². The van der Waals surface area contributed by atoms with Crippen molar-refractivity contribution in [2.45, 2.75) is 13.5 Å². The fourth-order valence-corrected chi connectivity index (χ4v) is 3.88. The number of hydrogen-bond donors (Lipinski definition) is 0. The van der Waals surface area contributed by atoms with Gasteiger partial charge in [0, 0.05) is 16.6 Å². The molecule has 146 valence electrons. The van der Waals surface area contributed by atoms with Crippen molar-refractivity contribution < 1.29 is 9.59 Å². The van der Waals surface area contributed by atoms with E-state index in [0.717, 1.165) is 21.4 Å². The van der Waals surface area contributed by atoms with Gasteiger partial charge in [-0.3, -0.25) is 9.59 Å². The Morgan fingerprint density at radius 1 is 0.931 bits per heavy atom. The van der Waals surface area contributed by atoms with Gasteiger partial charge in [-0.25, -0.2) is 0 Å². The Labute approximate surface area is 178 Å². The van der Waals surface area contributed by atoms with Crippen molar-refractivity contribution in [1.82, 2.24) is 0 Å². The van der Waals surface area contributed by atoms with Crippen molar-refractivity contribution in [2.24, 2.45) is 5.92 Å². The second-order valence-corrected chi connectivity index (χ2v) is 8.14. The van der Waals surface area contributed by atoms with Crippen molar-refractivity contribution >= 4 is 39.1 Å². The summed E-state index contributed by atoms with van der Waals surface area (Å²) in [6.07, 6.45) is 0. The van der Waals surface area contributed by atoms with Gasteiger partial charge in [-0.05, 0) is 42.0 Å². The Morgan fingerprint density at radius 2 is 1.55 bits per heavy atom. The van der Waals surface area contributed by atoms with Crippen LogP contribution in [0.25, 0.3) is 0 Å². The molecule has 3 aromatic carbocycles. The summed E-state index contributed by atoms with van der Waals surface area (Å²) >= 11 is 3.45. The van der Waals surface area contributed by atoms with Gasteiger partial charge in [0.1, 0.15) is 0 Å². The van der Waals surface area contributed by atoms with Crippen molar-refractivity contribution in [2.75, 3.05) is 16.3 Å². The molecule has 0 aliphatic carbocycles. The smallest absolute Gasteiger partial charge is 0.258 e. The van der Waals surface area contributed by atoms with Crippen LogP contribution >= 0.6 is 15.9 Å². The summed E-state index contributed by atoms with van der Waals surface area (Å²) in [5.41, 5.74) is 3.17. The summed E-state index contributed by atoms with van der Waals surface area (Å²) in [7, 11) is 0. The van der Waals surface area contributed by atoms with E-state index in [-0.39, 0.29) is 17.7 Å². The number of amides is 2. The quantitative estimate of drug-likeness (QED) is 0.546. The number of rotatable bonds is 3. The Hall–Kier alpha value is -2.92. The molecule has 1 atom stereocenters. The number of carbonyl (C=O) groups excluding carboxylic acids is 2. The Balaban J connectivity index is 1.76. The molecule has 0 aromatic heterocycles. The number of fused-ring (bicyclic) bond motifs is 1. The summed E-state index contributed by atoms with van der Waals surface area (Å²) < 4.78 is 0.997. The Morgan fingerprint density at radius 3 is 2.24 bits per heavy atom. The van der Waals surface area contributed by atoms with Crippen LogP contribution in [0.2, 0.25) is 0 Å². The molecule has 0 radical (unpaired) electrons. The average molecular weight is 449 g/mol. The highest BCUT2D eigenvalue weighted by Crippen LogP contribution is 2.36. The number of anilines is 2. The summed E-state index contributed by atoms with van der Waals surface area (Å²) in [6.45, 7) is 2.69. The van der Waals surface area contributed by atoms with E-state index in [9.17, 15) is 9.59 Å². The first-order valence-corrected chi connectivity index (χ1v) is 10.4. The van der Waals surface area contributed by atoms with Crippen molar-refractivity contribution in [3.63, 3.8) is 0 Å². The third kappa shape index (κ3) is 3.96. The number of para-hydroxylation sites is 2. The molecule has 1 aliphatic rings. The minimum atomic E-state index is -0.314. The maximum atomic E-state index is 13.3. The van der Waals surface area contributed by atoms with Crippen LogP contribution in [0.3, 0.4) is 0 Å². The highest BCUT2D eigenvalue weighted by Gasteiger charge is 2.33. The molecule has 1 unspecified atom stereocenters. The molecule has 5 heteroatoms. The molecule has 0 N–H and O–H groups in total. The predicted octanol–water partition coefficient (Wildman–Crippen LogP) is 5.28.